The largest absolute Gasteiger partial charge is 0.357 e. The van der Waals surface area contributed by atoms with Crippen molar-refractivity contribution in [2.75, 3.05) is 12.3 Å². The smallest absolute Gasteiger partial charge is 0.157 e. The predicted molar refractivity (Wildman–Crippen MR) is 85.7 cm³/mol. The van der Waals surface area contributed by atoms with E-state index in [9.17, 15) is 0 Å². The van der Waals surface area contributed by atoms with Crippen molar-refractivity contribution in [1.29, 1.82) is 0 Å². The minimum Gasteiger partial charge on any atom is -0.357 e. The third kappa shape index (κ3) is 3.75. The van der Waals surface area contributed by atoms with Crippen LogP contribution in [0.3, 0.4) is 0 Å². The summed E-state index contributed by atoms with van der Waals surface area (Å²) in [6.07, 6.45) is 0. The number of nitrogens with zero attached hydrogens (tertiary/aromatic N) is 1. The maximum absolute atomic E-state index is 4.76. The number of hydrogen-bond acceptors (Lipinski definition) is 2. The van der Waals surface area contributed by atoms with Gasteiger partial charge in [0.2, 0.25) is 0 Å². The van der Waals surface area contributed by atoms with Crippen molar-refractivity contribution in [3.63, 3.8) is 0 Å². The summed E-state index contributed by atoms with van der Waals surface area (Å²) in [5, 5.41) is 4.63. The summed E-state index contributed by atoms with van der Waals surface area (Å²) in [6.45, 7) is 10.00. The molecule has 2 nitrogen and oxygen atoms in total. The van der Waals surface area contributed by atoms with Crippen LogP contribution in [0, 0.1) is 11.3 Å². The van der Waals surface area contributed by atoms with Gasteiger partial charge in [-0.2, -0.15) is 0 Å². The average Bonchev–Trinajstić information content (AvgIpc) is 2.86. The molecular weight excluding hydrogens is 252 g/mol. The van der Waals surface area contributed by atoms with E-state index in [2.05, 4.69) is 63.3 Å². The fourth-order valence-corrected chi connectivity index (χ4v) is 2.79. The number of benzene rings is 1. The van der Waals surface area contributed by atoms with E-state index < -0.39 is 0 Å². The molecule has 1 heterocycles. The van der Waals surface area contributed by atoms with E-state index in [1.165, 1.54) is 5.56 Å². The molecule has 104 valence electrons. The van der Waals surface area contributed by atoms with Crippen LogP contribution in [0.5, 0.6) is 0 Å². The Morgan fingerprint density at radius 1 is 1.32 bits per heavy atom. The summed E-state index contributed by atoms with van der Waals surface area (Å²) in [6, 6.07) is 11.0. The molecule has 3 heteroatoms. The van der Waals surface area contributed by atoms with Gasteiger partial charge in [0.05, 0.1) is 6.04 Å². The first kappa shape index (κ1) is 14.4. The summed E-state index contributed by atoms with van der Waals surface area (Å²) in [4.78, 5) is 4.76. The van der Waals surface area contributed by atoms with Crippen LogP contribution >= 0.6 is 11.8 Å². The third-order valence-corrected chi connectivity index (χ3v) is 5.10. The van der Waals surface area contributed by atoms with Crippen LogP contribution < -0.4 is 5.32 Å². The Kier molecular flexibility index (Phi) is 4.56. The zero-order valence-corrected chi connectivity index (χ0v) is 13.1. The monoisotopic (exact) mass is 276 g/mol. The highest BCUT2D eigenvalue weighted by atomic mass is 32.2. The molecule has 0 aliphatic carbocycles. The minimum atomic E-state index is 0.264. The molecule has 1 atom stereocenters. The molecule has 1 saturated heterocycles. The fraction of sp³-hybridized carbons (Fsp3) is 0.562. The lowest BCUT2D eigenvalue weighted by Crippen LogP contribution is -2.25. The maximum Gasteiger partial charge on any atom is 0.157 e. The Hall–Kier alpha value is -0.960. The molecule has 1 unspecified atom stereocenters. The normalized spacial score (nSPS) is 21.9. The van der Waals surface area contributed by atoms with E-state index in [-0.39, 0.29) is 5.41 Å². The number of hydrogen-bond donors (Lipinski definition) is 1. The zero-order valence-electron chi connectivity index (χ0n) is 12.3. The van der Waals surface area contributed by atoms with Crippen LogP contribution in [-0.2, 0) is 0 Å². The van der Waals surface area contributed by atoms with Crippen molar-refractivity contribution in [1.82, 2.24) is 5.32 Å². The Morgan fingerprint density at radius 3 is 2.63 bits per heavy atom. The van der Waals surface area contributed by atoms with Crippen LogP contribution in [0.1, 0.15) is 39.3 Å². The first-order chi connectivity index (χ1) is 8.99. The van der Waals surface area contributed by atoms with Gasteiger partial charge in [-0.3, -0.25) is 4.99 Å². The molecule has 0 bridgehead atoms. The van der Waals surface area contributed by atoms with E-state index >= 15 is 0 Å². The van der Waals surface area contributed by atoms with Gasteiger partial charge in [-0.25, -0.2) is 0 Å². The van der Waals surface area contributed by atoms with Crippen molar-refractivity contribution in [2.45, 2.75) is 33.7 Å². The summed E-state index contributed by atoms with van der Waals surface area (Å²) < 4.78 is 0. The molecule has 1 aromatic rings. The molecule has 1 aromatic carbocycles. The molecule has 0 aromatic heterocycles. The average molecular weight is 276 g/mol. The van der Waals surface area contributed by atoms with Gasteiger partial charge in [0, 0.05) is 12.3 Å². The predicted octanol–water partition coefficient (Wildman–Crippen LogP) is 4.10. The Labute approximate surface area is 121 Å². The molecule has 1 aliphatic rings. The number of amidine groups is 1. The van der Waals surface area contributed by atoms with E-state index in [1.807, 2.05) is 11.8 Å². The Balaban J connectivity index is 1.95. The molecular formula is C16H24N2S. The van der Waals surface area contributed by atoms with Gasteiger partial charge in [-0.1, -0.05) is 69.8 Å². The number of rotatable bonds is 4. The number of aliphatic imine (C=N–C) groups is 1. The fourth-order valence-electron chi connectivity index (χ4n) is 1.81. The lowest BCUT2D eigenvalue weighted by atomic mass is 9.81. The number of nitrogens with one attached hydrogen (secondary N) is 1. The standard InChI is InChI=1S/C16H24N2S/c1-12(2)16(3,4)11-17-15-18-14(10-19-15)13-8-6-5-7-9-13/h5-9,12,14H,10-11H2,1-4H3,(H,17,18). The molecule has 0 radical (unpaired) electrons. The summed E-state index contributed by atoms with van der Waals surface area (Å²) in [7, 11) is 0. The van der Waals surface area contributed by atoms with Gasteiger partial charge in [-0.15, -0.1) is 0 Å². The van der Waals surface area contributed by atoms with Crippen molar-refractivity contribution in [3.8, 4) is 0 Å². The molecule has 19 heavy (non-hydrogen) atoms. The summed E-state index contributed by atoms with van der Waals surface area (Å²) >= 11 is 1.84. The van der Waals surface area contributed by atoms with Crippen LogP contribution in [0.15, 0.2) is 35.3 Å². The van der Waals surface area contributed by atoms with E-state index in [1.54, 1.807) is 0 Å². The second-order valence-corrected chi connectivity index (χ2v) is 7.19. The zero-order chi connectivity index (χ0) is 13.9. The molecule has 0 spiro atoms. The topological polar surface area (TPSA) is 24.4 Å². The van der Waals surface area contributed by atoms with E-state index in [0.29, 0.717) is 12.0 Å². The van der Waals surface area contributed by atoms with Crippen molar-refractivity contribution >= 4 is 16.9 Å². The molecule has 1 fully saturated rings. The SMILES string of the molecule is CC(C)C(C)(C)CN=C1NC(c2ccccc2)CS1. The van der Waals surface area contributed by atoms with Gasteiger partial charge < -0.3 is 5.32 Å². The van der Waals surface area contributed by atoms with Crippen LogP contribution in [-0.4, -0.2) is 17.5 Å². The lowest BCUT2D eigenvalue weighted by Gasteiger charge is -2.27. The molecule has 1 aliphatic heterocycles. The second-order valence-electron chi connectivity index (χ2n) is 6.18. The quantitative estimate of drug-likeness (QED) is 0.895. The summed E-state index contributed by atoms with van der Waals surface area (Å²) in [5.74, 6) is 1.72. The first-order valence-corrected chi connectivity index (χ1v) is 7.96. The van der Waals surface area contributed by atoms with Crippen molar-refractivity contribution < 1.29 is 0 Å². The molecule has 0 saturated carbocycles. The highest BCUT2D eigenvalue weighted by molar-refractivity contribution is 8.14. The minimum absolute atomic E-state index is 0.264. The lowest BCUT2D eigenvalue weighted by molar-refractivity contribution is 0.262. The molecule has 2 rings (SSSR count). The van der Waals surface area contributed by atoms with E-state index in [0.717, 1.165) is 17.5 Å². The van der Waals surface area contributed by atoms with E-state index in [4.69, 9.17) is 4.99 Å². The molecule has 1 N–H and O–H groups in total. The van der Waals surface area contributed by atoms with Crippen LogP contribution in [0.25, 0.3) is 0 Å². The van der Waals surface area contributed by atoms with Crippen LogP contribution in [0.2, 0.25) is 0 Å². The first-order valence-electron chi connectivity index (χ1n) is 6.98. The van der Waals surface area contributed by atoms with Gasteiger partial charge in [0.15, 0.2) is 5.17 Å². The third-order valence-electron chi connectivity index (χ3n) is 4.08. The van der Waals surface area contributed by atoms with Gasteiger partial charge in [-0.05, 0) is 16.9 Å². The highest BCUT2D eigenvalue weighted by Gasteiger charge is 2.25. The van der Waals surface area contributed by atoms with Gasteiger partial charge in [0.25, 0.3) is 0 Å². The second kappa shape index (κ2) is 6.00. The number of thioether (sulfide) groups is 1. The van der Waals surface area contributed by atoms with Crippen molar-refractivity contribution in [3.05, 3.63) is 35.9 Å². The van der Waals surface area contributed by atoms with Gasteiger partial charge >= 0.3 is 0 Å². The van der Waals surface area contributed by atoms with Crippen molar-refractivity contribution in [2.24, 2.45) is 16.3 Å². The molecule has 0 amide bonds. The maximum atomic E-state index is 4.76. The Morgan fingerprint density at radius 2 is 2.00 bits per heavy atom. The highest BCUT2D eigenvalue weighted by Crippen LogP contribution is 2.29. The Bertz CT molecular complexity index is 437. The van der Waals surface area contributed by atoms with Gasteiger partial charge in [0.1, 0.15) is 0 Å². The van der Waals surface area contributed by atoms with Crippen LogP contribution in [0.4, 0.5) is 0 Å². The summed E-state index contributed by atoms with van der Waals surface area (Å²) in [5.41, 5.74) is 1.61.